The Labute approximate surface area is 126 Å². The van der Waals surface area contributed by atoms with E-state index in [-0.39, 0.29) is 23.7 Å². The van der Waals surface area contributed by atoms with Crippen LogP contribution >= 0.6 is 11.8 Å². The molecule has 1 heterocycles. The van der Waals surface area contributed by atoms with E-state index >= 15 is 0 Å². The molecule has 2 aliphatic rings. The topological polar surface area (TPSA) is 89.0 Å². The van der Waals surface area contributed by atoms with E-state index in [0.717, 1.165) is 25.7 Å². The van der Waals surface area contributed by atoms with Crippen LogP contribution < -0.4 is 11.0 Å². The molecule has 1 atom stereocenters. The molecule has 0 aromatic carbocycles. The Balaban J connectivity index is 1.62. The summed E-state index contributed by atoms with van der Waals surface area (Å²) in [5, 5.41) is 10.5. The molecule has 0 radical (unpaired) electrons. The lowest BCUT2D eigenvalue weighted by atomic mass is 10.3. The van der Waals surface area contributed by atoms with Gasteiger partial charge in [-0.25, -0.2) is 9.89 Å². The van der Waals surface area contributed by atoms with Crippen LogP contribution in [0.15, 0.2) is 9.95 Å². The number of nitrogens with zero attached hydrogens (tertiary/aromatic N) is 2. The predicted octanol–water partition coefficient (Wildman–Crippen LogP) is 0.682. The second-order valence-electron chi connectivity index (χ2n) is 5.47. The van der Waals surface area contributed by atoms with Crippen LogP contribution in [0.25, 0.3) is 0 Å². The van der Waals surface area contributed by atoms with E-state index in [1.807, 2.05) is 0 Å². The van der Waals surface area contributed by atoms with E-state index in [0.29, 0.717) is 23.6 Å². The van der Waals surface area contributed by atoms with E-state index in [1.54, 1.807) is 11.5 Å². The number of aromatic nitrogens is 3. The number of ether oxygens (including phenoxy) is 1. The number of aromatic amines is 1. The van der Waals surface area contributed by atoms with Crippen LogP contribution in [0.1, 0.15) is 38.6 Å². The number of carbonyl (C=O) groups is 1. The van der Waals surface area contributed by atoms with Crippen LogP contribution in [0.4, 0.5) is 0 Å². The molecule has 0 amide bonds. The van der Waals surface area contributed by atoms with Crippen molar-refractivity contribution in [3.05, 3.63) is 10.5 Å². The van der Waals surface area contributed by atoms with Crippen LogP contribution in [-0.2, 0) is 9.53 Å². The van der Waals surface area contributed by atoms with E-state index < -0.39 is 0 Å². The van der Waals surface area contributed by atoms with Gasteiger partial charge in [0.25, 0.3) is 0 Å². The van der Waals surface area contributed by atoms with Crippen molar-refractivity contribution in [2.24, 2.45) is 0 Å². The molecule has 0 saturated heterocycles. The Hall–Kier alpha value is -1.28. The summed E-state index contributed by atoms with van der Waals surface area (Å²) in [5.41, 5.74) is -0.164. The molecule has 2 N–H and O–H groups in total. The number of nitrogens with one attached hydrogen (secondary N) is 2. The monoisotopic (exact) mass is 312 g/mol. The van der Waals surface area contributed by atoms with Crippen molar-refractivity contribution >= 4 is 17.7 Å². The summed E-state index contributed by atoms with van der Waals surface area (Å²) >= 11 is 1.43. The molecular formula is C13H20N4O3S. The largest absolute Gasteiger partial charge is 0.465 e. The fourth-order valence-corrected chi connectivity index (χ4v) is 3.20. The van der Waals surface area contributed by atoms with E-state index in [1.165, 1.54) is 11.8 Å². The maximum atomic E-state index is 12.0. The highest BCUT2D eigenvalue weighted by Gasteiger charge is 2.32. The zero-order valence-electron chi connectivity index (χ0n) is 12.0. The first-order valence-electron chi connectivity index (χ1n) is 7.41. The van der Waals surface area contributed by atoms with Crippen LogP contribution in [-0.4, -0.2) is 45.2 Å². The lowest BCUT2D eigenvalue weighted by Gasteiger charge is -2.16. The molecule has 0 bridgehead atoms. The highest BCUT2D eigenvalue weighted by atomic mass is 32.2. The molecule has 3 rings (SSSR count). The van der Waals surface area contributed by atoms with Crippen molar-refractivity contribution in [1.82, 2.24) is 20.1 Å². The number of carbonyl (C=O) groups excluding carboxylic acids is 1. The van der Waals surface area contributed by atoms with Crippen molar-refractivity contribution < 1.29 is 9.53 Å². The maximum absolute atomic E-state index is 12.0. The Morgan fingerprint density at radius 1 is 1.52 bits per heavy atom. The highest BCUT2D eigenvalue weighted by molar-refractivity contribution is 7.99. The average Bonchev–Trinajstić information content (AvgIpc) is 3.36. The van der Waals surface area contributed by atoms with Crippen LogP contribution in [0.3, 0.4) is 0 Å². The fourth-order valence-electron chi connectivity index (χ4n) is 2.17. The Morgan fingerprint density at radius 3 is 2.90 bits per heavy atom. The highest BCUT2D eigenvalue weighted by Crippen LogP contribution is 2.36. The second kappa shape index (κ2) is 6.23. The van der Waals surface area contributed by atoms with Gasteiger partial charge in [-0.3, -0.25) is 9.36 Å². The van der Waals surface area contributed by atoms with Gasteiger partial charge in [-0.05, 0) is 32.6 Å². The number of H-pyrrole nitrogens is 1. The minimum absolute atomic E-state index is 0.164. The Morgan fingerprint density at radius 2 is 2.29 bits per heavy atom. The first-order chi connectivity index (χ1) is 10.2. The number of thioether (sulfide) groups is 1. The molecule has 1 aromatic heterocycles. The van der Waals surface area contributed by atoms with Crippen molar-refractivity contribution in [3.8, 4) is 0 Å². The quantitative estimate of drug-likeness (QED) is 0.542. The van der Waals surface area contributed by atoms with Gasteiger partial charge in [-0.2, -0.15) is 0 Å². The third kappa shape index (κ3) is 3.68. The van der Waals surface area contributed by atoms with E-state index in [9.17, 15) is 9.59 Å². The molecule has 2 aliphatic carbocycles. The first-order valence-corrected chi connectivity index (χ1v) is 8.40. The predicted molar refractivity (Wildman–Crippen MR) is 78.4 cm³/mol. The molecule has 2 fully saturated rings. The van der Waals surface area contributed by atoms with Gasteiger partial charge in [0.1, 0.15) is 6.04 Å². The van der Waals surface area contributed by atoms with Gasteiger partial charge >= 0.3 is 11.7 Å². The second-order valence-corrected chi connectivity index (χ2v) is 6.46. The third-order valence-corrected chi connectivity index (χ3v) is 4.59. The molecule has 7 nitrogen and oxygen atoms in total. The molecule has 2 saturated carbocycles. The molecule has 1 unspecified atom stereocenters. The van der Waals surface area contributed by atoms with Crippen molar-refractivity contribution in [3.63, 3.8) is 0 Å². The molecule has 21 heavy (non-hydrogen) atoms. The summed E-state index contributed by atoms with van der Waals surface area (Å²) in [7, 11) is 0. The van der Waals surface area contributed by atoms with E-state index in [2.05, 4.69) is 15.5 Å². The number of esters is 1. The summed E-state index contributed by atoms with van der Waals surface area (Å²) in [6.07, 6.45) is 4.26. The normalized spacial score (nSPS) is 19.5. The van der Waals surface area contributed by atoms with Gasteiger partial charge < -0.3 is 10.1 Å². The summed E-state index contributed by atoms with van der Waals surface area (Å²) in [4.78, 5) is 23.7. The average molecular weight is 312 g/mol. The van der Waals surface area contributed by atoms with Crippen molar-refractivity contribution in [2.45, 2.75) is 55.9 Å². The summed E-state index contributed by atoms with van der Waals surface area (Å²) in [5.74, 6) is 0.291. The standard InChI is InChI=1S/C13H20N4O3S/c1-2-20-11(18)10(14-8-3-4-8)7-21-13-16-15-12(19)17(13)9-5-6-9/h8-10,14H,2-7H2,1H3,(H,15,19). The lowest BCUT2D eigenvalue weighted by molar-refractivity contribution is -0.145. The first kappa shape index (κ1) is 14.6. The minimum Gasteiger partial charge on any atom is -0.465 e. The summed E-state index contributed by atoms with van der Waals surface area (Å²) in [6.45, 7) is 2.18. The maximum Gasteiger partial charge on any atom is 0.344 e. The van der Waals surface area contributed by atoms with Crippen molar-refractivity contribution in [2.75, 3.05) is 12.4 Å². The SMILES string of the molecule is CCOC(=O)C(CSc1n[nH]c(=O)n1C1CC1)NC1CC1. The van der Waals surface area contributed by atoms with Gasteiger partial charge in [0.05, 0.1) is 6.61 Å². The molecule has 116 valence electrons. The third-order valence-electron chi connectivity index (χ3n) is 3.55. The number of hydrogen-bond donors (Lipinski definition) is 2. The molecule has 0 aliphatic heterocycles. The Kier molecular flexibility index (Phi) is 4.34. The molecule has 8 heteroatoms. The minimum atomic E-state index is -0.345. The van der Waals surface area contributed by atoms with Gasteiger partial charge in [0, 0.05) is 17.8 Å². The smallest absolute Gasteiger partial charge is 0.344 e. The van der Waals surface area contributed by atoms with Crippen LogP contribution in [0.2, 0.25) is 0 Å². The van der Waals surface area contributed by atoms with Gasteiger partial charge in [0.15, 0.2) is 5.16 Å². The molecular weight excluding hydrogens is 292 g/mol. The number of hydrogen-bond acceptors (Lipinski definition) is 6. The summed E-state index contributed by atoms with van der Waals surface area (Å²) in [6, 6.07) is 0.350. The molecule has 1 aromatic rings. The van der Waals surface area contributed by atoms with Crippen molar-refractivity contribution in [1.29, 1.82) is 0 Å². The van der Waals surface area contributed by atoms with E-state index in [4.69, 9.17) is 4.74 Å². The fraction of sp³-hybridized carbons (Fsp3) is 0.769. The zero-order valence-corrected chi connectivity index (χ0v) is 12.8. The molecule has 0 spiro atoms. The summed E-state index contributed by atoms with van der Waals surface area (Å²) < 4.78 is 6.80. The van der Waals surface area contributed by atoms with Gasteiger partial charge in [-0.15, -0.1) is 5.10 Å². The Bertz CT molecular complexity index is 562. The number of rotatable bonds is 8. The van der Waals surface area contributed by atoms with Crippen LogP contribution in [0, 0.1) is 0 Å². The van der Waals surface area contributed by atoms with Gasteiger partial charge in [0.2, 0.25) is 0 Å². The van der Waals surface area contributed by atoms with Gasteiger partial charge in [-0.1, -0.05) is 11.8 Å². The zero-order chi connectivity index (χ0) is 14.8. The lowest BCUT2D eigenvalue weighted by Crippen LogP contribution is -2.41. The van der Waals surface area contributed by atoms with Crippen LogP contribution in [0.5, 0.6) is 0 Å².